The Morgan fingerprint density at radius 1 is 1.43 bits per heavy atom. The molecule has 1 aromatic heterocycles. The SMILES string of the molecule is CONc1nc(=O)oc2ccccc12. The summed E-state index contributed by atoms with van der Waals surface area (Å²) in [5.74, 6) is -0.289. The average molecular weight is 192 g/mol. The first-order chi connectivity index (χ1) is 6.81. The normalized spacial score (nSPS) is 10.4. The third kappa shape index (κ3) is 1.45. The largest absolute Gasteiger partial charge is 0.441 e. The van der Waals surface area contributed by atoms with Crippen molar-refractivity contribution in [3.8, 4) is 0 Å². The second-order valence-corrected chi connectivity index (χ2v) is 2.63. The number of aromatic nitrogens is 1. The molecule has 0 radical (unpaired) electrons. The zero-order valence-electron chi connectivity index (χ0n) is 7.48. The van der Waals surface area contributed by atoms with Gasteiger partial charge >= 0.3 is 5.76 Å². The average Bonchev–Trinajstić information content (AvgIpc) is 2.18. The molecule has 0 unspecified atom stereocenters. The van der Waals surface area contributed by atoms with Gasteiger partial charge in [0, 0.05) is 0 Å². The van der Waals surface area contributed by atoms with E-state index in [-0.39, 0.29) is 0 Å². The molecule has 0 spiro atoms. The molecule has 1 aromatic carbocycles. The van der Waals surface area contributed by atoms with Crippen LogP contribution in [0.4, 0.5) is 5.82 Å². The summed E-state index contributed by atoms with van der Waals surface area (Å²) >= 11 is 0. The number of benzene rings is 1. The van der Waals surface area contributed by atoms with E-state index in [1.165, 1.54) is 7.11 Å². The molecule has 14 heavy (non-hydrogen) atoms. The van der Waals surface area contributed by atoms with Crippen molar-refractivity contribution in [3.05, 3.63) is 34.8 Å². The van der Waals surface area contributed by atoms with Crippen LogP contribution in [0.1, 0.15) is 0 Å². The standard InChI is InChI=1S/C9H8N2O3/c1-13-11-8-6-4-2-3-5-7(6)14-9(12)10-8/h2-5H,1H3,(H,10,11,12). The monoisotopic (exact) mass is 192 g/mol. The van der Waals surface area contributed by atoms with Crippen molar-refractivity contribution in [1.82, 2.24) is 4.98 Å². The maximum Gasteiger partial charge on any atom is 0.441 e. The maximum atomic E-state index is 11.0. The first-order valence-electron chi connectivity index (χ1n) is 4.00. The Morgan fingerprint density at radius 3 is 3.00 bits per heavy atom. The van der Waals surface area contributed by atoms with E-state index in [0.717, 1.165) is 0 Å². The van der Waals surface area contributed by atoms with Crippen LogP contribution < -0.4 is 11.2 Å². The minimum absolute atomic E-state index is 0.361. The first kappa shape index (κ1) is 8.71. The van der Waals surface area contributed by atoms with Crippen LogP contribution in [-0.2, 0) is 4.84 Å². The molecule has 0 saturated heterocycles. The Balaban J connectivity index is 2.73. The van der Waals surface area contributed by atoms with Crippen LogP contribution in [0.2, 0.25) is 0 Å². The van der Waals surface area contributed by atoms with Crippen LogP contribution in [0.15, 0.2) is 33.5 Å². The summed E-state index contributed by atoms with van der Waals surface area (Å²) in [7, 11) is 1.45. The molecule has 0 fully saturated rings. The molecule has 0 atom stereocenters. The van der Waals surface area contributed by atoms with Crippen LogP contribution in [0.25, 0.3) is 11.0 Å². The highest BCUT2D eigenvalue weighted by Gasteiger charge is 2.04. The number of hydrogen-bond donors (Lipinski definition) is 1. The van der Waals surface area contributed by atoms with Crippen LogP contribution in [0, 0.1) is 0 Å². The lowest BCUT2D eigenvalue weighted by atomic mass is 10.2. The minimum Gasteiger partial charge on any atom is -0.408 e. The Hall–Kier alpha value is -1.88. The number of hydrogen-bond acceptors (Lipinski definition) is 5. The van der Waals surface area contributed by atoms with Crippen molar-refractivity contribution in [3.63, 3.8) is 0 Å². The summed E-state index contributed by atoms with van der Waals surface area (Å²) in [6.07, 6.45) is 0. The van der Waals surface area contributed by atoms with E-state index in [2.05, 4.69) is 10.5 Å². The van der Waals surface area contributed by atoms with Crippen molar-refractivity contribution in [2.24, 2.45) is 0 Å². The molecule has 0 aliphatic rings. The Morgan fingerprint density at radius 2 is 2.21 bits per heavy atom. The molecule has 1 heterocycles. The molecular formula is C9H8N2O3. The Bertz CT molecular complexity index is 507. The van der Waals surface area contributed by atoms with E-state index in [1.807, 2.05) is 6.07 Å². The van der Waals surface area contributed by atoms with Gasteiger partial charge in [0.15, 0.2) is 5.82 Å². The summed E-state index contributed by atoms with van der Waals surface area (Å²) in [5, 5.41) is 0.703. The van der Waals surface area contributed by atoms with Gasteiger partial charge in [0.05, 0.1) is 12.5 Å². The molecule has 0 saturated carbocycles. The Labute approximate surface area is 79.3 Å². The summed E-state index contributed by atoms with van der Waals surface area (Å²) in [6, 6.07) is 7.08. The molecule has 1 N–H and O–H groups in total. The molecule has 0 bridgehead atoms. The van der Waals surface area contributed by atoms with Gasteiger partial charge < -0.3 is 4.42 Å². The fraction of sp³-hybridized carbons (Fsp3) is 0.111. The molecule has 2 rings (SSSR count). The maximum absolute atomic E-state index is 11.0. The van der Waals surface area contributed by atoms with E-state index < -0.39 is 5.76 Å². The van der Waals surface area contributed by atoms with Crippen LogP contribution >= 0.6 is 0 Å². The van der Waals surface area contributed by atoms with Crippen molar-refractivity contribution in [1.29, 1.82) is 0 Å². The lowest BCUT2D eigenvalue weighted by Gasteiger charge is -2.03. The highest BCUT2D eigenvalue weighted by molar-refractivity contribution is 5.86. The molecular weight excluding hydrogens is 184 g/mol. The van der Waals surface area contributed by atoms with E-state index in [4.69, 9.17) is 9.25 Å². The van der Waals surface area contributed by atoms with Gasteiger partial charge in [-0.2, -0.15) is 4.98 Å². The van der Waals surface area contributed by atoms with E-state index in [9.17, 15) is 4.79 Å². The third-order valence-corrected chi connectivity index (χ3v) is 1.74. The zero-order valence-corrected chi connectivity index (χ0v) is 7.48. The second-order valence-electron chi connectivity index (χ2n) is 2.63. The predicted molar refractivity (Wildman–Crippen MR) is 50.9 cm³/mol. The van der Waals surface area contributed by atoms with E-state index in [0.29, 0.717) is 16.8 Å². The summed E-state index contributed by atoms with van der Waals surface area (Å²) in [5.41, 5.74) is 3.00. The molecule has 72 valence electrons. The first-order valence-corrected chi connectivity index (χ1v) is 4.00. The van der Waals surface area contributed by atoms with E-state index in [1.54, 1.807) is 18.2 Å². The lowest BCUT2D eigenvalue weighted by molar-refractivity contribution is 0.269. The lowest BCUT2D eigenvalue weighted by Crippen LogP contribution is -2.09. The van der Waals surface area contributed by atoms with Gasteiger partial charge in [0.2, 0.25) is 0 Å². The van der Waals surface area contributed by atoms with Gasteiger partial charge in [-0.1, -0.05) is 12.1 Å². The fourth-order valence-electron chi connectivity index (χ4n) is 1.19. The number of anilines is 1. The third-order valence-electron chi connectivity index (χ3n) is 1.74. The van der Waals surface area contributed by atoms with Gasteiger partial charge in [-0.3, -0.25) is 4.84 Å². The van der Waals surface area contributed by atoms with Crippen molar-refractivity contribution < 1.29 is 9.25 Å². The number of rotatable bonds is 2. The summed E-state index contributed by atoms with van der Waals surface area (Å²) in [4.78, 5) is 19.3. The van der Waals surface area contributed by atoms with Crippen LogP contribution in [0.5, 0.6) is 0 Å². The van der Waals surface area contributed by atoms with E-state index >= 15 is 0 Å². The Kier molecular flexibility index (Phi) is 2.16. The van der Waals surface area contributed by atoms with Gasteiger partial charge in [-0.05, 0) is 12.1 Å². The highest BCUT2D eigenvalue weighted by atomic mass is 16.6. The molecule has 5 heteroatoms. The molecule has 0 aliphatic carbocycles. The quantitative estimate of drug-likeness (QED) is 0.723. The second kappa shape index (κ2) is 3.47. The van der Waals surface area contributed by atoms with Crippen LogP contribution in [0.3, 0.4) is 0 Å². The topological polar surface area (TPSA) is 64.4 Å². The fourth-order valence-corrected chi connectivity index (χ4v) is 1.19. The molecule has 0 amide bonds. The summed E-state index contributed by atoms with van der Waals surface area (Å²) in [6.45, 7) is 0. The summed E-state index contributed by atoms with van der Waals surface area (Å²) < 4.78 is 4.89. The minimum atomic E-state index is -0.650. The number of nitrogens with zero attached hydrogens (tertiary/aromatic N) is 1. The van der Waals surface area contributed by atoms with Gasteiger partial charge in [-0.25, -0.2) is 10.3 Å². The molecule has 0 aliphatic heterocycles. The predicted octanol–water partition coefficient (Wildman–Crippen LogP) is 1.16. The van der Waals surface area contributed by atoms with Gasteiger partial charge in [0.25, 0.3) is 0 Å². The number of para-hydroxylation sites is 1. The molecule has 2 aromatic rings. The molecule has 5 nitrogen and oxygen atoms in total. The number of fused-ring (bicyclic) bond motifs is 1. The zero-order chi connectivity index (χ0) is 9.97. The van der Waals surface area contributed by atoms with Gasteiger partial charge in [-0.15, -0.1) is 0 Å². The van der Waals surface area contributed by atoms with Crippen molar-refractivity contribution in [2.45, 2.75) is 0 Å². The smallest absolute Gasteiger partial charge is 0.408 e. The van der Waals surface area contributed by atoms with Gasteiger partial charge in [0.1, 0.15) is 5.58 Å². The van der Waals surface area contributed by atoms with Crippen molar-refractivity contribution >= 4 is 16.8 Å². The van der Waals surface area contributed by atoms with Crippen LogP contribution in [-0.4, -0.2) is 12.1 Å². The number of nitrogens with one attached hydrogen (secondary N) is 1. The van der Waals surface area contributed by atoms with Crippen molar-refractivity contribution in [2.75, 3.05) is 12.6 Å². The highest BCUT2D eigenvalue weighted by Crippen LogP contribution is 2.18.